The Balaban J connectivity index is 1.70. The molecule has 0 aliphatic heterocycles. The maximum Gasteiger partial charge on any atom is 0.122 e. The Morgan fingerprint density at radius 2 is 1.18 bits per heavy atom. The van der Waals surface area contributed by atoms with Gasteiger partial charge in [0.15, 0.2) is 0 Å². The van der Waals surface area contributed by atoms with Crippen LogP contribution in [0.4, 0.5) is 0 Å². The molecule has 1 unspecified atom stereocenters. The highest BCUT2D eigenvalue weighted by atomic mass is 16.3. The minimum absolute atomic E-state index is 0.471. The van der Waals surface area contributed by atoms with Gasteiger partial charge in [-0.1, -0.05) is 115 Å². The molecule has 4 heteroatoms. The van der Waals surface area contributed by atoms with Crippen molar-refractivity contribution in [1.82, 2.24) is 9.55 Å². The van der Waals surface area contributed by atoms with Crippen molar-refractivity contribution in [3.05, 3.63) is 161 Å². The fraction of sp³-hybridized carbons (Fsp3) is 0.100. The average molecular weight is 446 g/mol. The highest BCUT2D eigenvalue weighted by Gasteiger charge is 2.38. The molecule has 0 fully saturated rings. The minimum atomic E-state index is -0.840. The Labute approximate surface area is 200 Å². The van der Waals surface area contributed by atoms with Gasteiger partial charge in [0.1, 0.15) is 11.6 Å². The van der Waals surface area contributed by atoms with Crippen LogP contribution in [0.3, 0.4) is 0 Å². The van der Waals surface area contributed by atoms with Crippen LogP contribution in [0.1, 0.15) is 39.6 Å². The lowest BCUT2D eigenvalue weighted by Gasteiger charge is -2.37. The van der Waals surface area contributed by atoms with Gasteiger partial charge in [0.05, 0.1) is 12.0 Å². The maximum atomic E-state index is 11.1. The first-order valence-electron chi connectivity index (χ1n) is 11.4. The number of rotatable bonds is 7. The first-order chi connectivity index (χ1) is 16.7. The van der Waals surface area contributed by atoms with E-state index in [9.17, 15) is 5.11 Å². The molecule has 1 aromatic heterocycles. The predicted molar refractivity (Wildman–Crippen MR) is 135 cm³/mol. The standard InChI is InChI=1S/C30H27N3O/c31-20-23-16-18-24(19-17-23)29(34)28-21-33(22-32-28)30(25-10-4-1-5-11-25,26-12-6-2-7-13-26)27-14-8-3-9-15-27/h1-19,21-22,29,34H,20,31H2. The Bertz CT molecular complexity index is 1230. The van der Waals surface area contributed by atoms with E-state index in [0.29, 0.717) is 12.2 Å². The van der Waals surface area contributed by atoms with Crippen molar-refractivity contribution < 1.29 is 5.11 Å². The molecule has 168 valence electrons. The molecule has 0 radical (unpaired) electrons. The number of aliphatic hydroxyl groups is 1. The summed E-state index contributed by atoms with van der Waals surface area (Å²) in [4.78, 5) is 4.67. The fourth-order valence-electron chi connectivity index (χ4n) is 4.65. The molecular weight excluding hydrogens is 418 g/mol. The third-order valence-corrected chi connectivity index (χ3v) is 6.38. The van der Waals surface area contributed by atoms with E-state index in [1.54, 1.807) is 0 Å². The summed E-state index contributed by atoms with van der Waals surface area (Å²) in [5, 5.41) is 11.1. The van der Waals surface area contributed by atoms with Crippen molar-refractivity contribution in [3.63, 3.8) is 0 Å². The smallest absolute Gasteiger partial charge is 0.122 e. The summed E-state index contributed by atoms with van der Waals surface area (Å²) in [6.45, 7) is 0.471. The van der Waals surface area contributed by atoms with E-state index in [-0.39, 0.29) is 0 Å². The molecule has 0 saturated carbocycles. The summed E-state index contributed by atoms with van der Waals surface area (Å²) in [5.41, 5.74) is 10.8. The molecular formula is C30H27N3O. The van der Waals surface area contributed by atoms with Crippen molar-refractivity contribution in [1.29, 1.82) is 0 Å². The summed E-state index contributed by atoms with van der Waals surface area (Å²) in [7, 11) is 0. The molecule has 0 aliphatic rings. The third kappa shape index (κ3) is 3.83. The van der Waals surface area contributed by atoms with Gasteiger partial charge in [0.25, 0.3) is 0 Å². The lowest BCUT2D eigenvalue weighted by atomic mass is 9.77. The number of benzene rings is 4. The lowest BCUT2D eigenvalue weighted by molar-refractivity contribution is 0.215. The van der Waals surface area contributed by atoms with Gasteiger partial charge in [0.2, 0.25) is 0 Å². The summed E-state index contributed by atoms with van der Waals surface area (Å²) < 4.78 is 2.11. The average Bonchev–Trinajstić information content (AvgIpc) is 3.41. The van der Waals surface area contributed by atoms with Crippen molar-refractivity contribution in [2.45, 2.75) is 18.2 Å². The van der Waals surface area contributed by atoms with Crippen LogP contribution in [0.25, 0.3) is 0 Å². The number of nitrogens with zero attached hydrogens (tertiary/aromatic N) is 2. The topological polar surface area (TPSA) is 64.1 Å². The van der Waals surface area contributed by atoms with Gasteiger partial charge in [-0.15, -0.1) is 0 Å². The van der Waals surface area contributed by atoms with Crippen LogP contribution in [0, 0.1) is 0 Å². The first-order valence-corrected chi connectivity index (χ1v) is 11.4. The van der Waals surface area contributed by atoms with Crippen molar-refractivity contribution in [2.24, 2.45) is 5.73 Å². The Hall–Kier alpha value is -3.99. The van der Waals surface area contributed by atoms with Gasteiger partial charge >= 0.3 is 0 Å². The van der Waals surface area contributed by atoms with Gasteiger partial charge in [0, 0.05) is 12.7 Å². The van der Waals surface area contributed by atoms with E-state index < -0.39 is 11.6 Å². The van der Waals surface area contributed by atoms with E-state index in [0.717, 1.165) is 27.8 Å². The molecule has 34 heavy (non-hydrogen) atoms. The zero-order chi connectivity index (χ0) is 23.4. The third-order valence-electron chi connectivity index (χ3n) is 6.38. The second kappa shape index (κ2) is 9.48. The van der Waals surface area contributed by atoms with Crippen LogP contribution >= 0.6 is 0 Å². The molecule has 1 heterocycles. The van der Waals surface area contributed by atoms with Gasteiger partial charge in [-0.2, -0.15) is 0 Å². The SMILES string of the molecule is NCc1ccc(C(O)c2cn(C(c3ccccc3)(c3ccccc3)c3ccccc3)cn2)cc1. The van der Waals surface area contributed by atoms with Crippen LogP contribution in [0.2, 0.25) is 0 Å². The van der Waals surface area contributed by atoms with Crippen LogP contribution in [-0.4, -0.2) is 14.7 Å². The molecule has 3 N–H and O–H groups in total. The number of nitrogens with two attached hydrogens (primary N) is 1. The van der Waals surface area contributed by atoms with Crippen LogP contribution in [0.15, 0.2) is 128 Å². The highest BCUT2D eigenvalue weighted by molar-refractivity contribution is 5.50. The van der Waals surface area contributed by atoms with Crippen LogP contribution < -0.4 is 5.73 Å². The molecule has 0 amide bonds. The van der Waals surface area contributed by atoms with E-state index in [1.807, 2.05) is 55.0 Å². The molecule has 0 bridgehead atoms. The minimum Gasteiger partial charge on any atom is -0.382 e. The summed E-state index contributed by atoms with van der Waals surface area (Å²) in [6, 6.07) is 39.0. The van der Waals surface area contributed by atoms with E-state index in [4.69, 9.17) is 5.73 Å². The normalized spacial score (nSPS) is 12.4. The monoisotopic (exact) mass is 445 g/mol. The Morgan fingerprint density at radius 3 is 1.62 bits per heavy atom. The number of aromatic nitrogens is 2. The Kier molecular flexibility index (Phi) is 6.09. The maximum absolute atomic E-state index is 11.1. The molecule has 0 saturated heterocycles. The van der Waals surface area contributed by atoms with E-state index in [1.165, 1.54) is 0 Å². The van der Waals surface area contributed by atoms with E-state index in [2.05, 4.69) is 82.3 Å². The zero-order valence-corrected chi connectivity index (χ0v) is 18.8. The number of aliphatic hydroxyl groups excluding tert-OH is 1. The van der Waals surface area contributed by atoms with Gasteiger partial charge < -0.3 is 15.4 Å². The number of imidazole rings is 1. The summed E-state index contributed by atoms with van der Waals surface area (Å²) >= 11 is 0. The molecule has 4 aromatic carbocycles. The predicted octanol–water partition coefficient (Wildman–Crippen LogP) is 5.26. The molecule has 0 aliphatic carbocycles. The van der Waals surface area contributed by atoms with Crippen LogP contribution in [-0.2, 0) is 12.1 Å². The summed E-state index contributed by atoms with van der Waals surface area (Å²) in [5.74, 6) is 0. The van der Waals surface area contributed by atoms with Crippen molar-refractivity contribution in [2.75, 3.05) is 0 Å². The molecule has 1 atom stereocenters. The van der Waals surface area contributed by atoms with Crippen LogP contribution in [0.5, 0.6) is 0 Å². The molecule has 4 nitrogen and oxygen atoms in total. The van der Waals surface area contributed by atoms with Gasteiger partial charge in [-0.3, -0.25) is 0 Å². The summed E-state index contributed by atoms with van der Waals surface area (Å²) in [6.07, 6.45) is 2.93. The van der Waals surface area contributed by atoms with E-state index >= 15 is 0 Å². The van der Waals surface area contributed by atoms with Gasteiger partial charge in [-0.05, 0) is 27.8 Å². The second-order valence-electron chi connectivity index (χ2n) is 8.36. The largest absolute Gasteiger partial charge is 0.382 e. The highest BCUT2D eigenvalue weighted by Crippen LogP contribution is 2.41. The van der Waals surface area contributed by atoms with Crippen molar-refractivity contribution >= 4 is 0 Å². The molecule has 0 spiro atoms. The molecule has 5 rings (SSSR count). The lowest BCUT2D eigenvalue weighted by Crippen LogP contribution is -2.37. The van der Waals surface area contributed by atoms with Gasteiger partial charge in [-0.25, -0.2) is 4.98 Å². The number of hydrogen-bond acceptors (Lipinski definition) is 3. The van der Waals surface area contributed by atoms with Crippen molar-refractivity contribution in [3.8, 4) is 0 Å². The molecule has 5 aromatic rings. The second-order valence-corrected chi connectivity index (χ2v) is 8.36. The Morgan fingerprint density at radius 1 is 0.706 bits per heavy atom. The quantitative estimate of drug-likeness (QED) is 0.336. The fourth-order valence-corrected chi connectivity index (χ4v) is 4.65. The first kappa shape index (κ1) is 21.8. The zero-order valence-electron chi connectivity index (χ0n) is 18.8. The number of hydrogen-bond donors (Lipinski definition) is 2.